The third-order valence-electron chi connectivity index (χ3n) is 7.41. The van der Waals surface area contributed by atoms with Gasteiger partial charge in [-0.15, -0.1) is 0 Å². The lowest BCUT2D eigenvalue weighted by atomic mass is 9.86. The van der Waals surface area contributed by atoms with E-state index >= 15 is 0 Å². The number of carboxylic acids is 1. The molecule has 0 aliphatic heterocycles. The first-order chi connectivity index (χ1) is 19.4. The molecule has 8 nitrogen and oxygen atoms in total. The third-order valence-corrected chi connectivity index (χ3v) is 7.41. The monoisotopic (exact) mass is 555 g/mol. The van der Waals surface area contributed by atoms with Crippen LogP contribution in [0.1, 0.15) is 69.4 Å². The van der Waals surface area contributed by atoms with E-state index in [0.717, 1.165) is 29.9 Å². The molecule has 2 aromatic carbocycles. The Morgan fingerprint density at radius 3 is 2.42 bits per heavy atom. The van der Waals surface area contributed by atoms with Crippen molar-refractivity contribution in [3.05, 3.63) is 53.6 Å². The molecule has 1 aliphatic rings. The molecule has 3 rings (SSSR count). The van der Waals surface area contributed by atoms with E-state index in [-0.39, 0.29) is 6.42 Å². The van der Waals surface area contributed by atoms with Gasteiger partial charge in [-0.2, -0.15) is 0 Å². The van der Waals surface area contributed by atoms with E-state index in [4.69, 9.17) is 18.9 Å². The number of carbonyl (C=O) groups excluding carboxylic acids is 1. The molecule has 1 saturated carbocycles. The van der Waals surface area contributed by atoms with E-state index in [1.54, 1.807) is 31.1 Å². The Bertz CT molecular complexity index is 1050. The highest BCUT2D eigenvalue weighted by Gasteiger charge is 2.20. The normalized spacial score (nSPS) is 14.4. The lowest BCUT2D eigenvalue weighted by Crippen LogP contribution is -2.37. The summed E-state index contributed by atoms with van der Waals surface area (Å²) in [5.41, 5.74) is 1.83. The molecule has 0 spiro atoms. The number of amides is 1. The first-order valence-electron chi connectivity index (χ1n) is 14.6. The molecule has 8 heteroatoms. The Balaban J connectivity index is 1.56. The first-order valence-corrected chi connectivity index (χ1v) is 14.6. The summed E-state index contributed by atoms with van der Waals surface area (Å²) in [7, 11) is 1.56. The minimum absolute atomic E-state index is 0.284. The zero-order valence-electron chi connectivity index (χ0n) is 24.2. The number of aryl methyl sites for hydroxylation is 1. The number of ether oxygens (including phenoxy) is 4. The second-order valence-electron chi connectivity index (χ2n) is 10.5. The fourth-order valence-corrected chi connectivity index (χ4v) is 5.16. The average molecular weight is 556 g/mol. The van der Waals surface area contributed by atoms with Gasteiger partial charge in [0.25, 0.3) is 0 Å². The van der Waals surface area contributed by atoms with Crippen LogP contribution in [0.5, 0.6) is 17.2 Å². The Kier molecular flexibility index (Phi) is 13.1. The van der Waals surface area contributed by atoms with Crippen LogP contribution < -0.4 is 14.2 Å². The van der Waals surface area contributed by atoms with Gasteiger partial charge in [0.2, 0.25) is 0 Å². The van der Waals surface area contributed by atoms with Crippen molar-refractivity contribution in [2.24, 2.45) is 5.92 Å². The largest absolute Gasteiger partial charge is 0.493 e. The minimum Gasteiger partial charge on any atom is -0.493 e. The zero-order chi connectivity index (χ0) is 28.7. The Labute approximate surface area is 238 Å². The van der Waals surface area contributed by atoms with Crippen LogP contribution in [0.3, 0.4) is 0 Å². The number of benzene rings is 2. The van der Waals surface area contributed by atoms with Crippen molar-refractivity contribution < 1.29 is 33.6 Å². The van der Waals surface area contributed by atoms with Crippen molar-refractivity contribution in [1.29, 1.82) is 0 Å². The number of carbonyl (C=O) groups is 2. The van der Waals surface area contributed by atoms with E-state index in [1.165, 1.54) is 38.5 Å². The Morgan fingerprint density at radius 1 is 1.00 bits per heavy atom. The van der Waals surface area contributed by atoms with Gasteiger partial charge in [-0.1, -0.05) is 63.1 Å². The summed E-state index contributed by atoms with van der Waals surface area (Å²) in [5, 5.41) is 9.31. The Morgan fingerprint density at radius 2 is 1.75 bits per heavy atom. The van der Waals surface area contributed by atoms with E-state index in [0.29, 0.717) is 43.6 Å². The predicted octanol–water partition coefficient (Wildman–Crippen LogP) is 6.67. The standard InChI is InChI=1S/C32H45NO7/c1-4-38-30(31(34)35)23-26-14-16-27(17-15-26)39-21-20-33(19-9-8-12-25-10-6-5-7-11-25)32(36)40-29-22-24(2)13-18-28(29)37-3/h13-18,22,25,30H,4-12,19-21,23H2,1-3H3,(H,34,35). The third kappa shape index (κ3) is 10.4. The van der Waals surface area contributed by atoms with Crippen molar-refractivity contribution >= 4 is 12.1 Å². The van der Waals surface area contributed by atoms with E-state index in [2.05, 4.69) is 0 Å². The summed E-state index contributed by atoms with van der Waals surface area (Å²) in [6, 6.07) is 12.8. The number of rotatable bonds is 16. The first kappa shape index (κ1) is 31.3. The van der Waals surface area contributed by atoms with Gasteiger partial charge in [0.15, 0.2) is 17.6 Å². The van der Waals surface area contributed by atoms with Crippen molar-refractivity contribution in [2.45, 2.75) is 77.7 Å². The van der Waals surface area contributed by atoms with Crippen molar-refractivity contribution in [2.75, 3.05) is 33.4 Å². The molecular weight excluding hydrogens is 510 g/mol. The lowest BCUT2D eigenvalue weighted by Gasteiger charge is -2.24. The summed E-state index contributed by atoms with van der Waals surface area (Å²) in [6.07, 6.45) is 8.89. The van der Waals surface area contributed by atoms with Crippen molar-refractivity contribution in [3.63, 3.8) is 0 Å². The van der Waals surface area contributed by atoms with E-state index < -0.39 is 18.2 Å². The number of aliphatic carboxylic acids is 1. The number of carboxylic acid groups (broad SMARTS) is 1. The van der Waals surface area contributed by atoms with Crippen LogP contribution in [0, 0.1) is 12.8 Å². The number of unbranched alkanes of at least 4 members (excludes halogenated alkanes) is 1. The molecule has 0 bridgehead atoms. The van der Waals surface area contributed by atoms with Gasteiger partial charge in [0, 0.05) is 19.6 Å². The zero-order valence-corrected chi connectivity index (χ0v) is 24.2. The van der Waals surface area contributed by atoms with E-state index in [9.17, 15) is 14.7 Å². The van der Waals surface area contributed by atoms with Gasteiger partial charge >= 0.3 is 12.1 Å². The molecule has 2 aromatic rings. The molecule has 0 aromatic heterocycles. The number of hydrogen-bond donors (Lipinski definition) is 1. The van der Waals surface area contributed by atoms with Crippen LogP contribution in [-0.2, 0) is 16.0 Å². The maximum Gasteiger partial charge on any atom is 0.415 e. The highest BCUT2D eigenvalue weighted by atomic mass is 16.6. The number of methoxy groups -OCH3 is 1. The number of nitrogens with zero attached hydrogens (tertiary/aromatic N) is 1. The van der Waals surface area contributed by atoms with Gasteiger partial charge in [-0.3, -0.25) is 0 Å². The summed E-state index contributed by atoms with van der Waals surface area (Å²) < 4.78 is 22.4. The molecule has 1 fully saturated rings. The average Bonchev–Trinajstić information content (AvgIpc) is 2.95. The second-order valence-corrected chi connectivity index (χ2v) is 10.5. The van der Waals surface area contributed by atoms with Crippen LogP contribution in [0.25, 0.3) is 0 Å². The molecule has 0 heterocycles. The molecule has 220 valence electrons. The van der Waals surface area contributed by atoms with Crippen molar-refractivity contribution in [3.8, 4) is 17.2 Å². The minimum atomic E-state index is -0.976. The molecule has 0 radical (unpaired) electrons. The highest BCUT2D eigenvalue weighted by molar-refractivity contribution is 5.73. The second kappa shape index (κ2) is 16.8. The predicted molar refractivity (Wildman–Crippen MR) is 154 cm³/mol. The molecule has 40 heavy (non-hydrogen) atoms. The highest BCUT2D eigenvalue weighted by Crippen LogP contribution is 2.29. The fraction of sp³-hybridized carbons (Fsp3) is 0.562. The maximum absolute atomic E-state index is 13.2. The summed E-state index contributed by atoms with van der Waals surface area (Å²) in [4.78, 5) is 26.3. The smallest absolute Gasteiger partial charge is 0.415 e. The maximum atomic E-state index is 13.2. The summed E-state index contributed by atoms with van der Waals surface area (Å²) >= 11 is 0. The molecule has 1 amide bonds. The topological polar surface area (TPSA) is 94.5 Å². The summed E-state index contributed by atoms with van der Waals surface area (Å²) in [5.74, 6) is 1.41. The van der Waals surface area contributed by atoms with Crippen LogP contribution in [-0.4, -0.2) is 61.6 Å². The molecule has 1 N–H and O–H groups in total. The van der Waals surface area contributed by atoms with Crippen molar-refractivity contribution in [1.82, 2.24) is 4.90 Å². The molecular formula is C32H45NO7. The van der Waals surface area contributed by atoms with E-state index in [1.807, 2.05) is 37.3 Å². The van der Waals surface area contributed by atoms with Crippen LogP contribution >= 0.6 is 0 Å². The van der Waals surface area contributed by atoms with Gasteiger partial charge in [-0.05, 0) is 61.6 Å². The SMILES string of the molecule is CCOC(Cc1ccc(OCCN(CCCCC2CCCCC2)C(=O)Oc2cc(C)ccc2OC)cc1)C(=O)O. The lowest BCUT2D eigenvalue weighted by molar-refractivity contribution is -0.149. The molecule has 0 saturated heterocycles. The summed E-state index contributed by atoms with van der Waals surface area (Å²) in [6.45, 7) is 5.34. The van der Waals surface area contributed by atoms with Crippen LogP contribution in [0.15, 0.2) is 42.5 Å². The van der Waals surface area contributed by atoms with Gasteiger partial charge < -0.3 is 29.0 Å². The quantitative estimate of drug-likeness (QED) is 0.231. The van der Waals surface area contributed by atoms with Crippen LogP contribution in [0.2, 0.25) is 0 Å². The fourth-order valence-electron chi connectivity index (χ4n) is 5.16. The molecule has 1 aliphatic carbocycles. The van der Waals surface area contributed by atoms with Gasteiger partial charge in [0.05, 0.1) is 13.7 Å². The van der Waals surface area contributed by atoms with Gasteiger partial charge in [-0.25, -0.2) is 9.59 Å². The molecule has 1 unspecified atom stereocenters. The molecule has 1 atom stereocenters. The Hall–Kier alpha value is -3.26. The number of hydrogen-bond acceptors (Lipinski definition) is 6. The van der Waals surface area contributed by atoms with Crippen LogP contribution in [0.4, 0.5) is 4.79 Å². The van der Waals surface area contributed by atoms with Gasteiger partial charge in [0.1, 0.15) is 12.4 Å².